The SMILES string of the molecule is CC1(C)O[C@@H]2[C@@H](CS(=O)(=O)Nc3ccccc3)C[C@@H](N3C(=O)c4ccccc4C3=O)[C@@H]2O1. The third-order valence-corrected chi connectivity index (χ3v) is 7.60. The number of benzene rings is 2. The van der Waals surface area contributed by atoms with Crippen LogP contribution < -0.4 is 4.72 Å². The van der Waals surface area contributed by atoms with E-state index in [1.165, 1.54) is 4.90 Å². The maximum Gasteiger partial charge on any atom is 0.261 e. The number of imide groups is 1. The molecule has 1 saturated heterocycles. The number of nitrogens with zero attached hydrogens (tertiary/aromatic N) is 1. The first-order chi connectivity index (χ1) is 15.2. The minimum absolute atomic E-state index is 0.206. The average Bonchev–Trinajstić information content (AvgIpc) is 3.30. The number of amides is 2. The monoisotopic (exact) mass is 456 g/mol. The molecule has 2 amide bonds. The Hall–Kier alpha value is -2.75. The van der Waals surface area contributed by atoms with E-state index in [9.17, 15) is 18.0 Å². The first kappa shape index (κ1) is 21.1. The summed E-state index contributed by atoms with van der Waals surface area (Å²) in [5.41, 5.74) is 1.19. The lowest BCUT2D eigenvalue weighted by molar-refractivity contribution is -0.160. The number of nitrogens with one attached hydrogen (secondary N) is 1. The summed E-state index contributed by atoms with van der Waals surface area (Å²) < 4.78 is 40.5. The molecule has 2 heterocycles. The van der Waals surface area contributed by atoms with E-state index in [-0.39, 0.29) is 24.0 Å². The van der Waals surface area contributed by atoms with Crippen molar-refractivity contribution in [3.63, 3.8) is 0 Å². The number of carbonyl (C=O) groups excluding carboxylic acids is 2. The van der Waals surface area contributed by atoms with Crippen LogP contribution in [0.25, 0.3) is 0 Å². The quantitative estimate of drug-likeness (QED) is 0.694. The molecule has 2 aromatic carbocycles. The first-order valence-electron chi connectivity index (χ1n) is 10.5. The van der Waals surface area contributed by atoms with Gasteiger partial charge in [0.2, 0.25) is 10.0 Å². The average molecular weight is 457 g/mol. The van der Waals surface area contributed by atoms with Gasteiger partial charge in [0.25, 0.3) is 11.8 Å². The molecule has 4 atom stereocenters. The fourth-order valence-corrected chi connectivity index (χ4v) is 6.46. The highest BCUT2D eigenvalue weighted by molar-refractivity contribution is 7.92. The molecule has 5 rings (SSSR count). The predicted molar refractivity (Wildman–Crippen MR) is 117 cm³/mol. The number of hydrogen-bond acceptors (Lipinski definition) is 6. The van der Waals surface area contributed by atoms with Gasteiger partial charge in [-0.05, 0) is 44.5 Å². The molecule has 32 heavy (non-hydrogen) atoms. The van der Waals surface area contributed by atoms with Gasteiger partial charge in [0.05, 0.1) is 29.0 Å². The number of hydrogen-bond donors (Lipinski definition) is 1. The topological polar surface area (TPSA) is 102 Å². The summed E-state index contributed by atoms with van der Waals surface area (Å²) in [6.45, 7) is 3.50. The molecule has 1 saturated carbocycles. The number of para-hydroxylation sites is 1. The minimum atomic E-state index is -3.70. The Balaban J connectivity index is 1.42. The summed E-state index contributed by atoms with van der Waals surface area (Å²) in [7, 11) is -3.70. The van der Waals surface area contributed by atoms with Crippen molar-refractivity contribution in [3.05, 3.63) is 65.7 Å². The molecule has 1 N–H and O–H groups in total. The van der Waals surface area contributed by atoms with Gasteiger partial charge in [-0.3, -0.25) is 19.2 Å². The molecule has 1 aliphatic carbocycles. The summed E-state index contributed by atoms with van der Waals surface area (Å²) in [4.78, 5) is 27.3. The second-order valence-electron chi connectivity index (χ2n) is 8.90. The Morgan fingerprint density at radius 2 is 1.50 bits per heavy atom. The maximum atomic E-state index is 13.1. The number of ether oxygens (including phenoxy) is 2. The van der Waals surface area contributed by atoms with Crippen molar-refractivity contribution < 1.29 is 27.5 Å². The van der Waals surface area contributed by atoms with Crippen LogP contribution in [0.3, 0.4) is 0 Å². The van der Waals surface area contributed by atoms with Gasteiger partial charge in [-0.1, -0.05) is 30.3 Å². The van der Waals surface area contributed by atoms with Crippen molar-refractivity contribution in [2.24, 2.45) is 5.92 Å². The molecule has 3 aliphatic rings. The number of anilines is 1. The van der Waals surface area contributed by atoms with Gasteiger partial charge in [0, 0.05) is 11.6 Å². The Labute approximate surface area is 186 Å². The predicted octanol–water partition coefficient (Wildman–Crippen LogP) is 2.63. The highest BCUT2D eigenvalue weighted by Crippen LogP contribution is 2.45. The Bertz CT molecular complexity index is 1140. The largest absolute Gasteiger partial charge is 0.344 e. The van der Waals surface area contributed by atoms with Gasteiger partial charge in [0.1, 0.15) is 6.10 Å². The lowest BCUT2D eigenvalue weighted by Crippen LogP contribution is -2.46. The molecule has 0 aromatic heterocycles. The smallest absolute Gasteiger partial charge is 0.261 e. The van der Waals surface area contributed by atoms with Crippen LogP contribution in [0.5, 0.6) is 0 Å². The number of carbonyl (C=O) groups is 2. The molecule has 0 spiro atoms. The van der Waals surface area contributed by atoms with Crippen LogP contribution in [-0.2, 0) is 19.5 Å². The standard InChI is InChI=1S/C23H24N2O6S/c1-23(2)30-19-14(13-32(28,29)24-15-8-4-3-5-9-15)12-18(20(19)31-23)25-21(26)16-10-6-7-11-17(16)22(25)27/h3-11,14,18-20,24H,12-13H2,1-2H3/t14-,18-,19-,20+/m1/s1. The van der Waals surface area contributed by atoms with Crippen LogP contribution in [0.1, 0.15) is 41.0 Å². The fraction of sp³-hybridized carbons (Fsp3) is 0.391. The Morgan fingerprint density at radius 1 is 0.938 bits per heavy atom. The summed E-state index contributed by atoms with van der Waals surface area (Å²) in [6.07, 6.45) is -0.858. The zero-order valence-corrected chi connectivity index (χ0v) is 18.5. The van der Waals surface area contributed by atoms with Crippen molar-refractivity contribution >= 4 is 27.5 Å². The molecule has 0 radical (unpaired) electrons. The lowest BCUT2D eigenvalue weighted by atomic mass is 10.1. The molecule has 2 aliphatic heterocycles. The third-order valence-electron chi connectivity index (χ3n) is 6.19. The number of rotatable bonds is 5. The highest BCUT2D eigenvalue weighted by Gasteiger charge is 2.59. The van der Waals surface area contributed by atoms with Crippen molar-refractivity contribution in [1.82, 2.24) is 4.90 Å². The van der Waals surface area contributed by atoms with E-state index >= 15 is 0 Å². The molecular weight excluding hydrogens is 432 g/mol. The van der Waals surface area contributed by atoms with Crippen molar-refractivity contribution in [3.8, 4) is 0 Å². The summed E-state index contributed by atoms with van der Waals surface area (Å²) in [6, 6.07) is 14.7. The summed E-state index contributed by atoms with van der Waals surface area (Å²) in [5, 5.41) is 0. The maximum absolute atomic E-state index is 13.1. The molecule has 0 unspecified atom stereocenters. The molecule has 2 aromatic rings. The summed E-state index contributed by atoms with van der Waals surface area (Å²) >= 11 is 0. The van der Waals surface area contributed by atoms with Crippen LogP contribution in [0.2, 0.25) is 0 Å². The van der Waals surface area contributed by atoms with Crippen LogP contribution in [-0.4, -0.2) is 54.9 Å². The van der Waals surface area contributed by atoms with Gasteiger partial charge >= 0.3 is 0 Å². The van der Waals surface area contributed by atoms with E-state index in [1.54, 1.807) is 68.4 Å². The normalized spacial score (nSPS) is 28.6. The molecule has 9 heteroatoms. The lowest BCUT2D eigenvalue weighted by Gasteiger charge is -2.28. The van der Waals surface area contributed by atoms with Crippen LogP contribution in [0.15, 0.2) is 54.6 Å². The van der Waals surface area contributed by atoms with Crippen LogP contribution in [0, 0.1) is 5.92 Å². The molecule has 168 valence electrons. The van der Waals surface area contributed by atoms with E-state index < -0.39 is 40.0 Å². The fourth-order valence-electron chi connectivity index (χ4n) is 4.99. The highest BCUT2D eigenvalue weighted by atomic mass is 32.2. The van der Waals surface area contributed by atoms with Crippen molar-refractivity contribution in [2.75, 3.05) is 10.5 Å². The zero-order valence-electron chi connectivity index (χ0n) is 17.7. The van der Waals surface area contributed by atoms with Gasteiger partial charge < -0.3 is 9.47 Å². The van der Waals surface area contributed by atoms with Crippen molar-refractivity contribution in [2.45, 2.75) is 44.3 Å². The third kappa shape index (κ3) is 3.60. The van der Waals surface area contributed by atoms with Gasteiger partial charge in [-0.15, -0.1) is 0 Å². The second kappa shape index (κ2) is 7.40. The van der Waals surface area contributed by atoms with Crippen LogP contribution >= 0.6 is 0 Å². The number of fused-ring (bicyclic) bond motifs is 2. The van der Waals surface area contributed by atoms with Gasteiger partial charge in [-0.2, -0.15) is 0 Å². The molecular formula is C23H24N2O6S. The van der Waals surface area contributed by atoms with Crippen LogP contribution in [0.4, 0.5) is 5.69 Å². The van der Waals surface area contributed by atoms with E-state index in [0.717, 1.165) is 0 Å². The summed E-state index contributed by atoms with van der Waals surface area (Å²) in [5.74, 6) is -2.36. The Kier molecular flexibility index (Phi) is 4.88. The van der Waals surface area contributed by atoms with E-state index in [4.69, 9.17) is 9.47 Å². The van der Waals surface area contributed by atoms with Crippen molar-refractivity contribution in [1.29, 1.82) is 0 Å². The minimum Gasteiger partial charge on any atom is -0.344 e. The van der Waals surface area contributed by atoms with E-state index in [2.05, 4.69) is 4.72 Å². The number of sulfonamides is 1. The zero-order chi connectivity index (χ0) is 22.7. The molecule has 8 nitrogen and oxygen atoms in total. The van der Waals surface area contributed by atoms with E-state index in [1.807, 2.05) is 0 Å². The molecule has 2 fully saturated rings. The first-order valence-corrected chi connectivity index (χ1v) is 12.2. The second-order valence-corrected chi connectivity index (χ2v) is 10.7. The van der Waals surface area contributed by atoms with Gasteiger partial charge in [0.15, 0.2) is 5.79 Å². The molecule has 0 bridgehead atoms. The van der Waals surface area contributed by atoms with E-state index in [0.29, 0.717) is 16.8 Å². The Morgan fingerprint density at radius 3 is 2.12 bits per heavy atom. The van der Waals surface area contributed by atoms with Gasteiger partial charge in [-0.25, -0.2) is 8.42 Å².